The van der Waals surface area contributed by atoms with Crippen LogP contribution >= 0.6 is 0 Å². The van der Waals surface area contributed by atoms with E-state index >= 15 is 0 Å². The first kappa shape index (κ1) is 16.4. The fourth-order valence-electron chi connectivity index (χ4n) is 1.48. The highest BCUT2D eigenvalue weighted by atomic mass is 16.8. The molecule has 0 aromatic carbocycles. The Hall–Kier alpha value is -1.67. The second-order valence-corrected chi connectivity index (χ2v) is 5.09. The van der Waals surface area contributed by atoms with Crippen LogP contribution in [-0.2, 0) is 33.3 Å². The van der Waals surface area contributed by atoms with E-state index in [2.05, 4.69) is 4.74 Å². The standard InChI is InChI=1S/C12H18O8/c1-5-17-10(16)12(9(14)15)18-6-7(19-12)8(13)20-11(2,3)4/h7H,5-6H2,1-4H3,(H,14,15)/t7-,12-/m0/s1. The Kier molecular flexibility index (Phi) is 4.72. The molecule has 0 aromatic heterocycles. The average Bonchev–Trinajstić information content (AvgIpc) is 2.73. The van der Waals surface area contributed by atoms with Crippen LogP contribution in [0.5, 0.6) is 0 Å². The van der Waals surface area contributed by atoms with Crippen LogP contribution in [0.25, 0.3) is 0 Å². The number of esters is 2. The largest absolute Gasteiger partial charge is 0.477 e. The Balaban J connectivity index is 2.83. The number of ether oxygens (including phenoxy) is 4. The van der Waals surface area contributed by atoms with Gasteiger partial charge in [-0.3, -0.25) is 0 Å². The van der Waals surface area contributed by atoms with Gasteiger partial charge in [-0.05, 0) is 27.7 Å². The fraction of sp³-hybridized carbons (Fsp3) is 0.750. The van der Waals surface area contributed by atoms with Crippen molar-refractivity contribution in [3.63, 3.8) is 0 Å². The van der Waals surface area contributed by atoms with E-state index in [-0.39, 0.29) is 6.61 Å². The summed E-state index contributed by atoms with van der Waals surface area (Å²) in [5.74, 6) is -6.30. The molecule has 1 aliphatic rings. The molecule has 0 aromatic rings. The summed E-state index contributed by atoms with van der Waals surface area (Å²) < 4.78 is 19.5. The Bertz CT molecular complexity index is 410. The van der Waals surface area contributed by atoms with E-state index in [1.807, 2.05) is 0 Å². The topological polar surface area (TPSA) is 108 Å². The molecular weight excluding hydrogens is 272 g/mol. The molecule has 0 aliphatic carbocycles. The van der Waals surface area contributed by atoms with Crippen molar-refractivity contribution >= 4 is 17.9 Å². The molecule has 0 unspecified atom stereocenters. The van der Waals surface area contributed by atoms with Crippen LogP contribution in [0.15, 0.2) is 0 Å². The Morgan fingerprint density at radius 3 is 2.40 bits per heavy atom. The summed E-state index contributed by atoms with van der Waals surface area (Å²) in [4.78, 5) is 34.6. The molecule has 0 saturated carbocycles. The van der Waals surface area contributed by atoms with Gasteiger partial charge in [-0.25, -0.2) is 14.4 Å². The molecule has 1 fully saturated rings. The van der Waals surface area contributed by atoms with E-state index in [0.717, 1.165) is 0 Å². The SMILES string of the molecule is CCOC(=O)[C@@]1(C(=O)O)OC[C@@H](C(=O)OC(C)(C)C)O1. The van der Waals surface area contributed by atoms with Gasteiger partial charge in [-0.2, -0.15) is 0 Å². The minimum absolute atomic E-state index is 0.0440. The monoisotopic (exact) mass is 290 g/mol. The van der Waals surface area contributed by atoms with Gasteiger partial charge in [-0.1, -0.05) is 0 Å². The van der Waals surface area contributed by atoms with Crippen LogP contribution in [0.1, 0.15) is 27.7 Å². The van der Waals surface area contributed by atoms with Crippen molar-refractivity contribution < 1.29 is 38.4 Å². The molecule has 1 N–H and O–H groups in total. The number of rotatable bonds is 4. The van der Waals surface area contributed by atoms with Crippen molar-refractivity contribution in [2.24, 2.45) is 0 Å². The Morgan fingerprint density at radius 1 is 1.35 bits per heavy atom. The van der Waals surface area contributed by atoms with E-state index in [4.69, 9.17) is 19.3 Å². The van der Waals surface area contributed by atoms with Gasteiger partial charge in [-0.15, -0.1) is 0 Å². The first-order valence-electron chi connectivity index (χ1n) is 6.07. The quantitative estimate of drug-likeness (QED) is 0.573. The first-order valence-corrected chi connectivity index (χ1v) is 6.07. The van der Waals surface area contributed by atoms with E-state index in [9.17, 15) is 14.4 Å². The summed E-state index contributed by atoms with van der Waals surface area (Å²) in [5.41, 5.74) is -0.765. The highest BCUT2D eigenvalue weighted by Crippen LogP contribution is 2.27. The van der Waals surface area contributed by atoms with Gasteiger partial charge >= 0.3 is 23.7 Å². The molecule has 20 heavy (non-hydrogen) atoms. The molecule has 1 heterocycles. The van der Waals surface area contributed by atoms with Gasteiger partial charge in [0.25, 0.3) is 0 Å². The third-order valence-electron chi connectivity index (χ3n) is 2.24. The number of hydrogen-bond donors (Lipinski definition) is 1. The number of carbonyl (C=O) groups excluding carboxylic acids is 2. The van der Waals surface area contributed by atoms with Crippen LogP contribution < -0.4 is 0 Å². The number of carboxylic acid groups (broad SMARTS) is 1. The van der Waals surface area contributed by atoms with Gasteiger partial charge in [0.1, 0.15) is 5.60 Å². The average molecular weight is 290 g/mol. The van der Waals surface area contributed by atoms with E-state index in [1.54, 1.807) is 20.8 Å². The Labute approximate surface area is 115 Å². The lowest BCUT2D eigenvalue weighted by Crippen LogP contribution is -2.50. The van der Waals surface area contributed by atoms with Crippen molar-refractivity contribution in [3.8, 4) is 0 Å². The maximum Gasteiger partial charge on any atom is 0.379 e. The number of aliphatic carboxylic acids is 1. The third kappa shape index (κ3) is 3.45. The second-order valence-electron chi connectivity index (χ2n) is 5.09. The van der Waals surface area contributed by atoms with Gasteiger partial charge in [0.15, 0.2) is 6.10 Å². The minimum atomic E-state index is -2.61. The summed E-state index contributed by atoms with van der Waals surface area (Å²) in [5, 5.41) is 9.09. The molecule has 8 heteroatoms. The number of carboxylic acids is 1. The number of carbonyl (C=O) groups is 3. The summed E-state index contributed by atoms with van der Waals surface area (Å²) in [6.07, 6.45) is -1.30. The molecule has 0 spiro atoms. The van der Waals surface area contributed by atoms with E-state index < -0.39 is 42.0 Å². The van der Waals surface area contributed by atoms with Crippen LogP contribution in [0.4, 0.5) is 0 Å². The van der Waals surface area contributed by atoms with Crippen LogP contribution in [0.2, 0.25) is 0 Å². The fourth-order valence-corrected chi connectivity index (χ4v) is 1.48. The molecule has 114 valence electrons. The van der Waals surface area contributed by atoms with Gasteiger partial charge < -0.3 is 24.1 Å². The molecule has 1 saturated heterocycles. The van der Waals surface area contributed by atoms with Crippen molar-refractivity contribution in [3.05, 3.63) is 0 Å². The van der Waals surface area contributed by atoms with Crippen molar-refractivity contribution in [2.75, 3.05) is 13.2 Å². The smallest absolute Gasteiger partial charge is 0.379 e. The zero-order chi connectivity index (χ0) is 15.6. The van der Waals surface area contributed by atoms with Gasteiger partial charge in [0, 0.05) is 0 Å². The molecule has 1 aliphatic heterocycles. The predicted octanol–water partition coefficient (Wildman–Crippen LogP) is 0.0875. The molecule has 1 rings (SSSR count). The van der Waals surface area contributed by atoms with Gasteiger partial charge in [0.05, 0.1) is 13.2 Å². The lowest BCUT2D eigenvalue weighted by atomic mass is 10.2. The Morgan fingerprint density at radius 2 is 1.95 bits per heavy atom. The lowest BCUT2D eigenvalue weighted by molar-refractivity contribution is -0.223. The van der Waals surface area contributed by atoms with E-state index in [1.165, 1.54) is 6.92 Å². The van der Waals surface area contributed by atoms with Crippen molar-refractivity contribution in [1.29, 1.82) is 0 Å². The zero-order valence-electron chi connectivity index (χ0n) is 11.8. The van der Waals surface area contributed by atoms with Crippen LogP contribution in [-0.4, -0.2) is 53.7 Å². The zero-order valence-corrected chi connectivity index (χ0v) is 11.8. The first-order chi connectivity index (χ1) is 9.12. The minimum Gasteiger partial charge on any atom is -0.477 e. The second kappa shape index (κ2) is 5.76. The maximum absolute atomic E-state index is 11.8. The predicted molar refractivity (Wildman–Crippen MR) is 63.7 cm³/mol. The molecular formula is C12H18O8. The lowest BCUT2D eigenvalue weighted by Gasteiger charge is -2.23. The molecule has 0 radical (unpaired) electrons. The molecule has 0 amide bonds. The third-order valence-corrected chi connectivity index (χ3v) is 2.24. The van der Waals surface area contributed by atoms with Crippen LogP contribution in [0.3, 0.4) is 0 Å². The highest BCUT2D eigenvalue weighted by Gasteiger charge is 2.59. The highest BCUT2D eigenvalue weighted by molar-refractivity contribution is 6.01. The summed E-state index contributed by atoms with van der Waals surface area (Å²) >= 11 is 0. The summed E-state index contributed by atoms with van der Waals surface area (Å²) in [6.45, 7) is 6.01. The maximum atomic E-state index is 11.8. The number of hydrogen-bond acceptors (Lipinski definition) is 7. The van der Waals surface area contributed by atoms with Crippen LogP contribution in [0, 0.1) is 0 Å². The molecule has 8 nitrogen and oxygen atoms in total. The normalized spacial score (nSPS) is 26.1. The molecule has 2 atom stereocenters. The van der Waals surface area contributed by atoms with Crippen molar-refractivity contribution in [2.45, 2.75) is 45.2 Å². The molecule has 0 bridgehead atoms. The van der Waals surface area contributed by atoms with Gasteiger partial charge in [0.2, 0.25) is 0 Å². The van der Waals surface area contributed by atoms with E-state index in [0.29, 0.717) is 0 Å². The summed E-state index contributed by atoms with van der Waals surface area (Å²) in [7, 11) is 0. The summed E-state index contributed by atoms with van der Waals surface area (Å²) in [6, 6.07) is 0. The van der Waals surface area contributed by atoms with Crippen molar-refractivity contribution in [1.82, 2.24) is 0 Å².